The van der Waals surface area contributed by atoms with Gasteiger partial charge in [-0.3, -0.25) is 4.79 Å². The van der Waals surface area contributed by atoms with Gasteiger partial charge in [-0.15, -0.1) is 0 Å². The highest BCUT2D eigenvalue weighted by molar-refractivity contribution is 7.84. The summed E-state index contributed by atoms with van der Waals surface area (Å²) in [7, 11) is -1.34. The first-order valence-corrected chi connectivity index (χ1v) is 11.2. The van der Waals surface area contributed by atoms with Crippen molar-refractivity contribution in [3.05, 3.63) is 35.9 Å². The molecular formula is C22H37NO5S. The van der Waals surface area contributed by atoms with E-state index in [0.29, 0.717) is 19.4 Å². The van der Waals surface area contributed by atoms with Gasteiger partial charge in [0.05, 0.1) is 53.1 Å². The zero-order valence-corrected chi connectivity index (χ0v) is 19.4. The van der Waals surface area contributed by atoms with Gasteiger partial charge in [0, 0.05) is 0 Å². The van der Waals surface area contributed by atoms with Crippen molar-refractivity contribution in [2.24, 2.45) is 5.41 Å². The molecule has 2 N–H and O–H groups in total. The van der Waals surface area contributed by atoms with Gasteiger partial charge in [-0.25, -0.2) is 8.93 Å². The van der Waals surface area contributed by atoms with Crippen LogP contribution in [0.4, 0.5) is 0 Å². The zero-order valence-electron chi connectivity index (χ0n) is 18.6. The van der Waals surface area contributed by atoms with Crippen LogP contribution < -0.4 is 4.72 Å². The highest BCUT2D eigenvalue weighted by Gasteiger charge is 2.27. The van der Waals surface area contributed by atoms with Gasteiger partial charge in [0.1, 0.15) is 0 Å². The zero-order chi connectivity index (χ0) is 22.1. The van der Waals surface area contributed by atoms with E-state index < -0.39 is 33.3 Å². The third-order valence-electron chi connectivity index (χ3n) is 4.18. The number of nitrogens with one attached hydrogen (secondary N) is 1. The molecule has 0 spiro atoms. The average molecular weight is 428 g/mol. The van der Waals surface area contributed by atoms with Gasteiger partial charge in [0.25, 0.3) is 0 Å². The van der Waals surface area contributed by atoms with Crippen molar-refractivity contribution in [2.75, 3.05) is 13.2 Å². The molecule has 0 amide bonds. The van der Waals surface area contributed by atoms with E-state index in [9.17, 15) is 14.1 Å². The Labute approximate surface area is 178 Å². The Morgan fingerprint density at radius 2 is 1.76 bits per heavy atom. The molecule has 0 aliphatic carbocycles. The monoisotopic (exact) mass is 427 g/mol. The highest BCUT2D eigenvalue weighted by Crippen LogP contribution is 2.16. The fourth-order valence-corrected chi connectivity index (χ4v) is 3.14. The van der Waals surface area contributed by atoms with Crippen LogP contribution in [0.15, 0.2) is 30.3 Å². The van der Waals surface area contributed by atoms with Crippen LogP contribution in [0.3, 0.4) is 0 Å². The average Bonchev–Trinajstić information content (AvgIpc) is 2.63. The second-order valence-electron chi connectivity index (χ2n) is 9.20. The molecule has 1 rings (SSSR count). The lowest BCUT2D eigenvalue weighted by atomic mass is 9.97. The van der Waals surface area contributed by atoms with Crippen LogP contribution in [-0.2, 0) is 31.9 Å². The number of benzene rings is 1. The van der Waals surface area contributed by atoms with Crippen LogP contribution in [0.2, 0.25) is 0 Å². The maximum Gasteiger partial charge on any atom is 0.311 e. The maximum atomic E-state index is 12.5. The Morgan fingerprint density at radius 1 is 1.14 bits per heavy atom. The maximum absolute atomic E-state index is 12.5. The first kappa shape index (κ1) is 25.8. The minimum atomic E-state index is -1.34. The minimum Gasteiger partial charge on any atom is -0.465 e. The number of hydrogen-bond donors (Lipinski definition) is 2. The van der Waals surface area contributed by atoms with E-state index in [1.54, 1.807) is 20.8 Å². The van der Waals surface area contributed by atoms with E-state index in [1.165, 1.54) is 0 Å². The molecule has 0 aliphatic heterocycles. The number of carbonyl (C=O) groups excluding carboxylic acids is 1. The van der Waals surface area contributed by atoms with Gasteiger partial charge < -0.3 is 14.6 Å². The van der Waals surface area contributed by atoms with Crippen molar-refractivity contribution < 1.29 is 23.6 Å². The lowest BCUT2D eigenvalue weighted by molar-refractivity contribution is -0.153. The molecule has 0 fully saturated rings. The van der Waals surface area contributed by atoms with Crippen LogP contribution in [-0.4, -0.2) is 45.4 Å². The molecule has 0 heterocycles. The number of esters is 1. The molecule has 6 nitrogen and oxygen atoms in total. The predicted octanol–water partition coefficient (Wildman–Crippen LogP) is 3.35. The number of hydrogen-bond acceptors (Lipinski definition) is 5. The Kier molecular flexibility index (Phi) is 10.5. The molecule has 29 heavy (non-hydrogen) atoms. The summed E-state index contributed by atoms with van der Waals surface area (Å²) >= 11 is 0. The Hall–Kier alpha value is -1.28. The van der Waals surface area contributed by atoms with Crippen LogP contribution in [0, 0.1) is 5.41 Å². The lowest BCUT2D eigenvalue weighted by Gasteiger charge is -2.27. The van der Waals surface area contributed by atoms with E-state index in [0.717, 1.165) is 5.56 Å². The van der Waals surface area contributed by atoms with Crippen molar-refractivity contribution in [3.8, 4) is 0 Å². The summed E-state index contributed by atoms with van der Waals surface area (Å²) in [5, 5.41) is 10.6. The molecule has 0 saturated heterocycles. The van der Waals surface area contributed by atoms with Crippen LogP contribution >= 0.6 is 0 Å². The van der Waals surface area contributed by atoms with Gasteiger partial charge >= 0.3 is 5.97 Å². The summed E-state index contributed by atoms with van der Waals surface area (Å²) in [5.41, 5.74) is 0.490. The van der Waals surface area contributed by atoms with Gasteiger partial charge in [0.15, 0.2) is 0 Å². The fraction of sp³-hybridized carbons (Fsp3) is 0.682. The first-order valence-electron chi connectivity index (χ1n) is 10.1. The molecule has 0 saturated carbocycles. The third kappa shape index (κ3) is 10.3. The van der Waals surface area contributed by atoms with E-state index in [-0.39, 0.29) is 19.2 Å². The highest BCUT2D eigenvalue weighted by atomic mass is 32.2. The smallest absolute Gasteiger partial charge is 0.311 e. The van der Waals surface area contributed by atoms with Crippen molar-refractivity contribution in [1.29, 1.82) is 0 Å². The Morgan fingerprint density at radius 3 is 2.31 bits per heavy atom. The van der Waals surface area contributed by atoms with Crippen molar-refractivity contribution in [1.82, 2.24) is 4.72 Å². The molecule has 0 radical (unpaired) electrons. The van der Waals surface area contributed by atoms with E-state index in [1.807, 2.05) is 51.1 Å². The van der Waals surface area contributed by atoms with Gasteiger partial charge in [-0.2, -0.15) is 0 Å². The quantitative estimate of drug-likeness (QED) is 0.418. The summed E-state index contributed by atoms with van der Waals surface area (Å²) in [4.78, 5) is 11.8. The molecule has 3 atom stereocenters. The Balaban J connectivity index is 2.56. The predicted molar refractivity (Wildman–Crippen MR) is 117 cm³/mol. The second-order valence-corrected chi connectivity index (χ2v) is 11.2. The van der Waals surface area contributed by atoms with E-state index in [4.69, 9.17) is 9.47 Å². The lowest BCUT2D eigenvalue weighted by Crippen LogP contribution is -2.48. The molecular weight excluding hydrogens is 390 g/mol. The fourth-order valence-electron chi connectivity index (χ4n) is 2.29. The van der Waals surface area contributed by atoms with Crippen LogP contribution in [0.5, 0.6) is 0 Å². The number of aliphatic hydroxyl groups excluding tert-OH is 1. The number of ether oxygens (including phenoxy) is 2. The van der Waals surface area contributed by atoms with Crippen LogP contribution in [0.25, 0.3) is 0 Å². The van der Waals surface area contributed by atoms with Crippen molar-refractivity contribution in [2.45, 2.75) is 77.9 Å². The summed E-state index contributed by atoms with van der Waals surface area (Å²) < 4.78 is 26.1. The summed E-state index contributed by atoms with van der Waals surface area (Å²) in [6.45, 7) is 11.9. The largest absolute Gasteiger partial charge is 0.465 e. The van der Waals surface area contributed by atoms with Crippen molar-refractivity contribution in [3.63, 3.8) is 0 Å². The first-order chi connectivity index (χ1) is 13.4. The van der Waals surface area contributed by atoms with Gasteiger partial charge in [-0.1, -0.05) is 30.3 Å². The van der Waals surface area contributed by atoms with Gasteiger partial charge in [-0.05, 0) is 59.9 Å². The molecule has 1 aromatic rings. The molecule has 7 heteroatoms. The van der Waals surface area contributed by atoms with Gasteiger partial charge in [0.2, 0.25) is 0 Å². The van der Waals surface area contributed by atoms with Crippen LogP contribution in [0.1, 0.15) is 59.9 Å². The van der Waals surface area contributed by atoms with E-state index >= 15 is 0 Å². The van der Waals surface area contributed by atoms with E-state index in [2.05, 4.69) is 4.72 Å². The summed E-state index contributed by atoms with van der Waals surface area (Å²) in [6.07, 6.45) is 0.151. The third-order valence-corrected chi connectivity index (χ3v) is 5.81. The summed E-state index contributed by atoms with van der Waals surface area (Å²) in [5.74, 6) is -0.262. The number of rotatable bonds is 11. The molecule has 0 aromatic heterocycles. The summed E-state index contributed by atoms with van der Waals surface area (Å²) in [6, 6.07) is 9.27. The minimum absolute atomic E-state index is 0.222. The normalized spacial score (nSPS) is 15.6. The standard InChI is InChI=1S/C22H37NO5S/c1-21(2,3)20(25)28-14-10-13-19(24)18(23-29(26)22(4,5)6)16-27-15-17-11-8-7-9-12-17/h7-9,11-12,18-19,23-24H,10,13-16H2,1-6H3/t18-,19+,29?/m1/s1. The van der Waals surface area contributed by atoms with Crippen molar-refractivity contribution >= 4 is 17.0 Å². The topological polar surface area (TPSA) is 84.9 Å². The second kappa shape index (κ2) is 11.8. The molecule has 1 unspecified atom stereocenters. The molecule has 166 valence electrons. The molecule has 0 bridgehead atoms. The SMILES string of the molecule is CC(C)(C)C(=O)OCCC[C@H](O)[C@@H](COCc1ccccc1)NS(=O)C(C)(C)C. The number of aliphatic hydroxyl groups is 1. The molecule has 0 aliphatic rings. The number of carbonyl (C=O) groups is 1. The molecule has 1 aromatic carbocycles. The Bertz CT molecular complexity index is 637.